The van der Waals surface area contributed by atoms with Crippen LogP contribution in [0.2, 0.25) is 0 Å². The Balaban J connectivity index is 1.15. The lowest BCUT2D eigenvalue weighted by Crippen LogP contribution is -2.47. The first-order chi connectivity index (χ1) is 15.3. The van der Waals surface area contributed by atoms with E-state index in [-0.39, 0.29) is 12.0 Å². The summed E-state index contributed by atoms with van der Waals surface area (Å²) in [6.45, 7) is 3.86. The molecular formula is C24H28N4O3. The molecule has 1 N–H and O–H groups in total. The van der Waals surface area contributed by atoms with E-state index in [1.165, 1.54) is 5.56 Å². The molecule has 1 saturated heterocycles. The molecule has 0 aliphatic carbocycles. The fourth-order valence-electron chi connectivity index (χ4n) is 3.67. The number of aryl methyl sites for hydroxylation is 1. The molecule has 1 atom stereocenters. The summed E-state index contributed by atoms with van der Waals surface area (Å²) in [6, 6.07) is 20.1. The van der Waals surface area contributed by atoms with Gasteiger partial charge in [0, 0.05) is 44.6 Å². The molecule has 4 rings (SSSR count). The fraction of sp³-hybridized carbons (Fsp3) is 0.375. The largest absolute Gasteiger partial charge is 0.374 e. The first-order valence-corrected chi connectivity index (χ1v) is 10.8. The topological polar surface area (TPSA) is 80.5 Å². The maximum Gasteiger partial charge on any atom is 0.226 e. The zero-order valence-corrected chi connectivity index (χ0v) is 17.6. The van der Waals surface area contributed by atoms with Crippen LogP contribution >= 0.6 is 0 Å². The number of carbonyl (C=O) groups excluding carboxylic acids is 1. The van der Waals surface area contributed by atoms with E-state index in [0.717, 1.165) is 25.2 Å². The van der Waals surface area contributed by atoms with Gasteiger partial charge in [0.1, 0.15) is 0 Å². The van der Waals surface area contributed by atoms with E-state index in [4.69, 9.17) is 9.26 Å². The number of aromatic nitrogens is 2. The van der Waals surface area contributed by atoms with Gasteiger partial charge < -0.3 is 14.6 Å². The molecule has 31 heavy (non-hydrogen) atoms. The van der Waals surface area contributed by atoms with Crippen LogP contribution in [0.5, 0.6) is 0 Å². The molecular weight excluding hydrogens is 392 g/mol. The van der Waals surface area contributed by atoms with E-state index in [1.54, 1.807) is 0 Å². The van der Waals surface area contributed by atoms with Crippen molar-refractivity contribution < 1.29 is 14.1 Å². The SMILES string of the molecule is O=C(CCCc1nc(-c2ccccc2)no1)NCC1CN(Cc2ccccc2)CCO1. The lowest BCUT2D eigenvalue weighted by molar-refractivity contribution is -0.122. The molecule has 1 aromatic heterocycles. The van der Waals surface area contributed by atoms with Crippen LogP contribution in [-0.4, -0.2) is 53.3 Å². The Morgan fingerprint density at radius 3 is 2.68 bits per heavy atom. The second kappa shape index (κ2) is 10.8. The minimum absolute atomic E-state index is 0.0192. The molecule has 1 aliphatic heterocycles. The molecule has 0 bridgehead atoms. The number of amides is 1. The summed E-state index contributed by atoms with van der Waals surface area (Å²) in [5.74, 6) is 1.15. The summed E-state index contributed by atoms with van der Waals surface area (Å²) in [5.41, 5.74) is 2.22. The molecule has 3 aromatic rings. The number of carbonyl (C=O) groups is 1. The maximum atomic E-state index is 12.2. The monoisotopic (exact) mass is 420 g/mol. The van der Waals surface area contributed by atoms with Gasteiger partial charge in [0.15, 0.2) is 0 Å². The maximum absolute atomic E-state index is 12.2. The molecule has 7 heteroatoms. The van der Waals surface area contributed by atoms with Crippen LogP contribution in [-0.2, 0) is 22.5 Å². The number of benzene rings is 2. The average Bonchev–Trinajstić information content (AvgIpc) is 3.28. The minimum Gasteiger partial charge on any atom is -0.374 e. The predicted molar refractivity (Wildman–Crippen MR) is 117 cm³/mol. The number of morpholine rings is 1. The van der Waals surface area contributed by atoms with E-state index < -0.39 is 0 Å². The summed E-state index contributed by atoms with van der Waals surface area (Å²) < 4.78 is 11.1. The van der Waals surface area contributed by atoms with Gasteiger partial charge in [-0.1, -0.05) is 65.8 Å². The molecule has 0 saturated carbocycles. The molecule has 1 unspecified atom stereocenters. The van der Waals surface area contributed by atoms with Crippen LogP contribution in [0.3, 0.4) is 0 Å². The smallest absolute Gasteiger partial charge is 0.226 e. The van der Waals surface area contributed by atoms with E-state index in [2.05, 4.69) is 44.6 Å². The molecule has 1 aliphatic rings. The van der Waals surface area contributed by atoms with E-state index in [0.29, 0.717) is 44.1 Å². The number of rotatable bonds is 9. The fourth-order valence-corrected chi connectivity index (χ4v) is 3.67. The number of hydrogen-bond donors (Lipinski definition) is 1. The highest BCUT2D eigenvalue weighted by Gasteiger charge is 2.21. The van der Waals surface area contributed by atoms with Gasteiger partial charge >= 0.3 is 0 Å². The molecule has 162 valence electrons. The van der Waals surface area contributed by atoms with Gasteiger partial charge in [-0.15, -0.1) is 0 Å². The van der Waals surface area contributed by atoms with Crippen molar-refractivity contribution in [3.05, 3.63) is 72.1 Å². The van der Waals surface area contributed by atoms with Gasteiger partial charge in [0.25, 0.3) is 0 Å². The Bertz CT molecular complexity index is 946. The van der Waals surface area contributed by atoms with E-state index in [1.807, 2.05) is 36.4 Å². The number of ether oxygens (including phenoxy) is 1. The second-order valence-electron chi connectivity index (χ2n) is 7.75. The van der Waals surface area contributed by atoms with Crippen molar-refractivity contribution in [1.29, 1.82) is 0 Å². The van der Waals surface area contributed by atoms with Crippen LogP contribution in [0.4, 0.5) is 0 Å². The second-order valence-corrected chi connectivity index (χ2v) is 7.75. The van der Waals surface area contributed by atoms with Crippen LogP contribution in [0.1, 0.15) is 24.3 Å². The van der Waals surface area contributed by atoms with Crippen molar-refractivity contribution in [2.75, 3.05) is 26.2 Å². The van der Waals surface area contributed by atoms with Gasteiger partial charge in [0.05, 0.1) is 12.7 Å². The van der Waals surface area contributed by atoms with Gasteiger partial charge in [0.2, 0.25) is 17.6 Å². The van der Waals surface area contributed by atoms with Crippen LogP contribution in [0.15, 0.2) is 65.2 Å². The molecule has 7 nitrogen and oxygen atoms in total. The average molecular weight is 421 g/mol. The lowest BCUT2D eigenvalue weighted by Gasteiger charge is -2.33. The third-order valence-corrected chi connectivity index (χ3v) is 5.29. The molecule has 1 amide bonds. The van der Waals surface area contributed by atoms with Gasteiger partial charge in [-0.05, 0) is 12.0 Å². The normalized spacial score (nSPS) is 16.8. The quantitative estimate of drug-likeness (QED) is 0.573. The summed E-state index contributed by atoms with van der Waals surface area (Å²) in [7, 11) is 0. The Labute approximate surface area is 182 Å². The highest BCUT2D eigenvalue weighted by molar-refractivity contribution is 5.75. The van der Waals surface area contributed by atoms with Crippen LogP contribution < -0.4 is 5.32 Å². The highest BCUT2D eigenvalue weighted by atomic mass is 16.5. The van der Waals surface area contributed by atoms with Crippen LogP contribution in [0.25, 0.3) is 11.4 Å². The first-order valence-electron chi connectivity index (χ1n) is 10.8. The molecule has 0 spiro atoms. The standard InChI is InChI=1S/C24H28N4O3/c29-22(12-7-13-23-26-24(27-31-23)20-10-5-2-6-11-20)25-16-21-18-28(14-15-30-21)17-19-8-3-1-4-9-19/h1-6,8-11,21H,7,12-18H2,(H,25,29). The predicted octanol–water partition coefficient (Wildman–Crippen LogP) is 3.08. The van der Waals surface area contributed by atoms with Crippen molar-refractivity contribution in [3.63, 3.8) is 0 Å². The van der Waals surface area contributed by atoms with Crippen molar-refractivity contribution in [2.24, 2.45) is 0 Å². The Morgan fingerprint density at radius 2 is 1.87 bits per heavy atom. The molecule has 0 radical (unpaired) electrons. The third-order valence-electron chi connectivity index (χ3n) is 5.29. The van der Waals surface area contributed by atoms with Crippen molar-refractivity contribution in [3.8, 4) is 11.4 Å². The molecule has 2 heterocycles. The zero-order chi connectivity index (χ0) is 21.3. The number of nitrogens with zero attached hydrogens (tertiary/aromatic N) is 3. The summed E-state index contributed by atoms with van der Waals surface area (Å²) in [6.07, 6.45) is 1.68. The number of hydrogen-bond acceptors (Lipinski definition) is 6. The van der Waals surface area contributed by atoms with Crippen molar-refractivity contribution >= 4 is 5.91 Å². The van der Waals surface area contributed by atoms with Gasteiger partial charge in [-0.25, -0.2) is 0 Å². The Morgan fingerprint density at radius 1 is 1.10 bits per heavy atom. The highest BCUT2D eigenvalue weighted by Crippen LogP contribution is 2.15. The Hall–Kier alpha value is -3.03. The zero-order valence-electron chi connectivity index (χ0n) is 17.6. The van der Waals surface area contributed by atoms with E-state index >= 15 is 0 Å². The minimum atomic E-state index is 0.0192. The van der Waals surface area contributed by atoms with Crippen molar-refractivity contribution in [2.45, 2.75) is 31.9 Å². The first kappa shape index (κ1) is 21.2. The van der Waals surface area contributed by atoms with Crippen molar-refractivity contribution in [1.82, 2.24) is 20.4 Å². The summed E-state index contributed by atoms with van der Waals surface area (Å²) >= 11 is 0. The number of nitrogens with one attached hydrogen (secondary N) is 1. The van der Waals surface area contributed by atoms with Gasteiger partial charge in [-0.3, -0.25) is 9.69 Å². The Kier molecular flexibility index (Phi) is 7.41. The molecule has 1 fully saturated rings. The molecule has 2 aromatic carbocycles. The summed E-state index contributed by atoms with van der Waals surface area (Å²) in [5, 5.41) is 7.01. The van der Waals surface area contributed by atoms with Crippen LogP contribution in [0, 0.1) is 0 Å². The van der Waals surface area contributed by atoms with Gasteiger partial charge in [-0.2, -0.15) is 4.98 Å². The lowest BCUT2D eigenvalue weighted by atomic mass is 10.2. The summed E-state index contributed by atoms with van der Waals surface area (Å²) in [4.78, 5) is 19.0. The third kappa shape index (κ3) is 6.47. The van der Waals surface area contributed by atoms with E-state index in [9.17, 15) is 4.79 Å².